The number of hydrogen-bond acceptors (Lipinski definition) is 4. The summed E-state index contributed by atoms with van der Waals surface area (Å²) in [4.78, 5) is 5.00. The predicted octanol–water partition coefficient (Wildman–Crippen LogP) is 21.7. The second kappa shape index (κ2) is 17.5. The summed E-state index contributed by atoms with van der Waals surface area (Å²) in [5, 5.41) is 16.8. The standard InChI is InChI=1S/C72H56N2O2/c1-3-15-45(16-4-1)51-21-11-23-53(43-51)73(63-29-13-27-59-69-55-25-9-7-19-47(55)35-41-65(69)75-71(59)63)61-39-33-49-32-38-58-62(40-34-50-31-37-57(61)67(49)68(50)58)74(54-24-12-22-52(44-54)46-17-5-2-6-18-46)64-30-14-28-60-70-56-26-10-8-20-48(56)36-42-66(70)76-72(60)64/h7-14,19-46H,1-6,15-18H2. The Morgan fingerprint density at radius 2 is 0.697 bits per heavy atom. The molecule has 366 valence electrons. The Labute approximate surface area is 441 Å². The third-order valence-corrected chi connectivity index (χ3v) is 17.7. The van der Waals surface area contributed by atoms with Crippen LogP contribution in [0.4, 0.5) is 34.1 Å². The van der Waals surface area contributed by atoms with Crippen molar-refractivity contribution in [1.82, 2.24) is 0 Å². The molecule has 0 N–H and O–H groups in total. The van der Waals surface area contributed by atoms with Crippen LogP contribution in [-0.2, 0) is 0 Å². The molecule has 0 bridgehead atoms. The zero-order valence-corrected chi connectivity index (χ0v) is 42.6. The highest BCUT2D eigenvalue weighted by Gasteiger charge is 2.28. The Bertz CT molecular complexity index is 4290. The summed E-state index contributed by atoms with van der Waals surface area (Å²) in [6.07, 6.45) is 12.7. The molecule has 0 radical (unpaired) electrons. The molecule has 0 spiro atoms. The number of anilines is 6. The van der Waals surface area contributed by atoms with Crippen molar-refractivity contribution in [1.29, 1.82) is 0 Å². The minimum absolute atomic E-state index is 0.555. The first-order valence-electron chi connectivity index (χ1n) is 27.9. The van der Waals surface area contributed by atoms with Crippen LogP contribution in [0.25, 0.3) is 97.7 Å². The van der Waals surface area contributed by atoms with Crippen LogP contribution in [0, 0.1) is 0 Å². The molecule has 2 aliphatic carbocycles. The summed E-state index contributed by atoms with van der Waals surface area (Å²) in [7, 11) is 0. The minimum Gasteiger partial charge on any atom is -0.454 e. The Balaban J connectivity index is 0.942. The van der Waals surface area contributed by atoms with Gasteiger partial charge in [-0.25, -0.2) is 0 Å². The largest absolute Gasteiger partial charge is 0.454 e. The lowest BCUT2D eigenvalue weighted by atomic mass is 9.84. The lowest BCUT2D eigenvalue weighted by Gasteiger charge is -2.30. The summed E-state index contributed by atoms with van der Waals surface area (Å²) in [6, 6.07) is 77.2. The van der Waals surface area contributed by atoms with E-state index in [9.17, 15) is 0 Å². The summed E-state index contributed by atoms with van der Waals surface area (Å²) in [5.74, 6) is 1.11. The Kier molecular flexibility index (Phi) is 10.1. The molecule has 12 aromatic carbocycles. The topological polar surface area (TPSA) is 32.8 Å². The Hall–Kier alpha value is -8.60. The normalized spacial score (nSPS) is 15.0. The van der Waals surface area contributed by atoms with Crippen LogP contribution in [0.15, 0.2) is 215 Å². The van der Waals surface area contributed by atoms with E-state index in [0.29, 0.717) is 11.8 Å². The van der Waals surface area contributed by atoms with Crippen molar-refractivity contribution in [2.75, 3.05) is 9.80 Å². The van der Waals surface area contributed by atoms with Gasteiger partial charge in [0.15, 0.2) is 11.2 Å². The van der Waals surface area contributed by atoms with Gasteiger partial charge in [-0.15, -0.1) is 0 Å². The van der Waals surface area contributed by atoms with Gasteiger partial charge in [-0.3, -0.25) is 0 Å². The smallest absolute Gasteiger partial charge is 0.159 e. The number of furan rings is 2. The third-order valence-electron chi connectivity index (χ3n) is 17.7. The number of fused-ring (bicyclic) bond motifs is 10. The fourth-order valence-corrected chi connectivity index (χ4v) is 14.1. The third kappa shape index (κ3) is 6.82. The van der Waals surface area contributed by atoms with Crippen LogP contribution >= 0.6 is 0 Å². The molecule has 0 aliphatic heterocycles. The fraction of sp³-hybridized carbons (Fsp3) is 0.167. The van der Waals surface area contributed by atoms with Gasteiger partial charge >= 0.3 is 0 Å². The van der Waals surface area contributed by atoms with E-state index in [1.165, 1.54) is 129 Å². The van der Waals surface area contributed by atoms with Crippen LogP contribution in [0.5, 0.6) is 0 Å². The van der Waals surface area contributed by atoms with E-state index >= 15 is 0 Å². The van der Waals surface area contributed by atoms with E-state index in [4.69, 9.17) is 8.83 Å². The van der Waals surface area contributed by atoms with E-state index in [-0.39, 0.29) is 0 Å². The van der Waals surface area contributed by atoms with Crippen LogP contribution in [0.1, 0.15) is 87.2 Å². The van der Waals surface area contributed by atoms with Gasteiger partial charge < -0.3 is 18.6 Å². The van der Waals surface area contributed by atoms with Gasteiger partial charge in [0.2, 0.25) is 0 Å². The lowest BCUT2D eigenvalue weighted by Crippen LogP contribution is -2.13. The maximum atomic E-state index is 7.08. The zero-order chi connectivity index (χ0) is 49.8. The second-order valence-electron chi connectivity index (χ2n) is 22.0. The molecular weight excluding hydrogens is 925 g/mol. The van der Waals surface area contributed by atoms with Gasteiger partial charge in [-0.2, -0.15) is 0 Å². The summed E-state index contributed by atoms with van der Waals surface area (Å²) in [6.45, 7) is 0. The zero-order valence-electron chi connectivity index (χ0n) is 42.6. The predicted molar refractivity (Wildman–Crippen MR) is 321 cm³/mol. The van der Waals surface area contributed by atoms with E-state index in [1.807, 2.05) is 0 Å². The van der Waals surface area contributed by atoms with E-state index < -0.39 is 0 Å². The molecule has 0 amide bonds. The highest BCUT2D eigenvalue weighted by Crippen LogP contribution is 2.52. The number of benzene rings is 12. The minimum atomic E-state index is 0.555. The molecule has 2 saturated carbocycles. The van der Waals surface area contributed by atoms with Gasteiger partial charge in [0.25, 0.3) is 0 Å². The molecule has 2 aromatic heterocycles. The van der Waals surface area contributed by atoms with Crippen LogP contribution in [0.2, 0.25) is 0 Å². The van der Waals surface area contributed by atoms with Crippen molar-refractivity contribution in [2.24, 2.45) is 0 Å². The SMILES string of the molecule is c1cc(C2CCCCC2)cc(N(c2ccc3ccc4c(N(c5cccc(C6CCCCC6)c5)c5cccc6c5oc5ccc7ccccc7c56)ccc5ccc2c3c54)c2cccc3c2oc2ccc4ccccc4c23)c1. The van der Waals surface area contributed by atoms with Crippen LogP contribution in [-0.4, -0.2) is 0 Å². The molecule has 16 rings (SSSR count). The number of rotatable bonds is 8. The van der Waals surface area contributed by atoms with Gasteiger partial charge in [0.1, 0.15) is 11.2 Å². The van der Waals surface area contributed by atoms with Gasteiger partial charge in [-0.05, 0) is 152 Å². The molecule has 76 heavy (non-hydrogen) atoms. The number of nitrogens with zero attached hydrogens (tertiary/aromatic N) is 2. The first-order valence-corrected chi connectivity index (χ1v) is 27.9. The molecule has 2 heterocycles. The average Bonchev–Trinajstić information content (AvgIpc) is 4.13. The molecule has 2 aliphatic rings. The molecule has 2 fully saturated rings. The summed E-state index contributed by atoms with van der Waals surface area (Å²) in [5.41, 5.74) is 13.0. The number of para-hydroxylation sites is 2. The van der Waals surface area contributed by atoms with Crippen molar-refractivity contribution < 1.29 is 8.83 Å². The van der Waals surface area contributed by atoms with Gasteiger partial charge in [0.05, 0.1) is 22.7 Å². The van der Waals surface area contributed by atoms with E-state index in [2.05, 4.69) is 216 Å². The monoisotopic (exact) mass is 980 g/mol. The van der Waals surface area contributed by atoms with E-state index in [0.717, 1.165) is 78.0 Å². The average molecular weight is 981 g/mol. The highest BCUT2D eigenvalue weighted by molar-refractivity contribution is 6.29. The van der Waals surface area contributed by atoms with Crippen molar-refractivity contribution in [3.63, 3.8) is 0 Å². The second-order valence-corrected chi connectivity index (χ2v) is 22.0. The van der Waals surface area contributed by atoms with Crippen molar-refractivity contribution >= 4 is 132 Å². The molecule has 0 atom stereocenters. The molecule has 0 unspecified atom stereocenters. The van der Waals surface area contributed by atoms with Gasteiger partial charge in [-0.1, -0.05) is 184 Å². The fourth-order valence-electron chi connectivity index (χ4n) is 14.1. The Morgan fingerprint density at radius 1 is 0.289 bits per heavy atom. The quantitative estimate of drug-likeness (QED) is 0.142. The Morgan fingerprint density at radius 3 is 1.17 bits per heavy atom. The molecule has 4 nitrogen and oxygen atoms in total. The lowest BCUT2D eigenvalue weighted by molar-refractivity contribution is 0.443. The molecule has 14 aromatic rings. The van der Waals surface area contributed by atoms with Gasteiger partial charge in [0, 0.05) is 43.7 Å². The van der Waals surface area contributed by atoms with Crippen molar-refractivity contribution in [3.05, 3.63) is 217 Å². The van der Waals surface area contributed by atoms with Crippen molar-refractivity contribution in [2.45, 2.75) is 76.0 Å². The maximum Gasteiger partial charge on any atom is 0.159 e. The van der Waals surface area contributed by atoms with Crippen LogP contribution in [0.3, 0.4) is 0 Å². The summed E-state index contributed by atoms with van der Waals surface area (Å²) >= 11 is 0. The molecular formula is C72H56N2O2. The number of hydrogen-bond donors (Lipinski definition) is 0. The summed E-state index contributed by atoms with van der Waals surface area (Å²) < 4.78 is 14.2. The molecule has 0 saturated heterocycles. The van der Waals surface area contributed by atoms with Crippen molar-refractivity contribution in [3.8, 4) is 0 Å². The first-order chi connectivity index (χ1) is 37.7. The highest BCUT2D eigenvalue weighted by atomic mass is 16.3. The first kappa shape index (κ1) is 43.8. The van der Waals surface area contributed by atoms with E-state index in [1.54, 1.807) is 0 Å². The van der Waals surface area contributed by atoms with Crippen LogP contribution < -0.4 is 9.80 Å². The molecule has 4 heteroatoms. The maximum absolute atomic E-state index is 7.08.